The maximum Gasteiger partial charge on any atom is 0.329 e. The molecule has 2 aromatic rings. The van der Waals surface area contributed by atoms with Crippen LogP contribution in [0.4, 0.5) is 0 Å². The molecule has 2 aliphatic heterocycles. The molecule has 266 valence electrons. The van der Waals surface area contributed by atoms with Gasteiger partial charge in [0.15, 0.2) is 0 Å². The molecule has 0 spiro atoms. The van der Waals surface area contributed by atoms with E-state index >= 15 is 0 Å². The molecule has 0 bridgehead atoms. The van der Waals surface area contributed by atoms with E-state index in [1.54, 1.807) is 38.1 Å². The number of cyclic esters (lactones) is 1. The topological polar surface area (TPSA) is 156 Å². The fourth-order valence-electron chi connectivity index (χ4n) is 5.68. The molecule has 2 aliphatic rings. The number of benzene rings is 2. The van der Waals surface area contributed by atoms with Crippen LogP contribution in [0.3, 0.4) is 0 Å². The Bertz CT molecular complexity index is 1550. The molecule has 2 heterocycles. The van der Waals surface area contributed by atoms with Crippen molar-refractivity contribution in [2.45, 2.75) is 91.4 Å². The Morgan fingerprint density at radius 2 is 1.71 bits per heavy atom. The van der Waals surface area contributed by atoms with Crippen LogP contribution in [-0.2, 0) is 41.7 Å². The smallest absolute Gasteiger partial charge is 0.329 e. The normalized spacial score (nSPS) is 26.4. The first-order chi connectivity index (χ1) is 23.0. The predicted octanol–water partition coefficient (Wildman–Crippen LogP) is 4.19. The van der Waals surface area contributed by atoms with Gasteiger partial charge in [-0.2, -0.15) is 0 Å². The third-order valence-corrected chi connectivity index (χ3v) is 9.31. The summed E-state index contributed by atoms with van der Waals surface area (Å²) in [6, 6.07) is 10.6. The SMILES string of the molecule is COc1ccc(C[C@H]2NC(=O)/C=C\C[C@@H]([C@H](C)C3OC3c3ccc(CO)cc3)OC(=O)[C@H](C(C)(C)C)NC(=O)C(C)(C)CNC2=O)cc1Cl. The number of aliphatic hydroxyl groups excluding tert-OH is 1. The number of epoxide rings is 1. The second-order valence-corrected chi connectivity index (χ2v) is 14.9. The van der Waals surface area contributed by atoms with E-state index in [2.05, 4.69) is 16.0 Å². The maximum absolute atomic E-state index is 13.8. The average Bonchev–Trinajstić information content (AvgIpc) is 3.85. The highest BCUT2D eigenvalue weighted by Crippen LogP contribution is 2.45. The summed E-state index contributed by atoms with van der Waals surface area (Å²) in [7, 11) is 1.50. The van der Waals surface area contributed by atoms with E-state index in [-0.39, 0.29) is 44.1 Å². The molecule has 0 saturated carbocycles. The van der Waals surface area contributed by atoms with E-state index in [4.69, 9.17) is 25.8 Å². The Morgan fingerprint density at radius 1 is 1.04 bits per heavy atom. The Kier molecular flexibility index (Phi) is 12.2. The third kappa shape index (κ3) is 9.83. The van der Waals surface area contributed by atoms with Gasteiger partial charge in [0.2, 0.25) is 17.7 Å². The van der Waals surface area contributed by atoms with Crippen molar-refractivity contribution in [3.8, 4) is 5.75 Å². The van der Waals surface area contributed by atoms with Crippen LogP contribution in [0.25, 0.3) is 0 Å². The zero-order valence-corrected chi connectivity index (χ0v) is 29.9. The number of methoxy groups -OCH3 is 1. The van der Waals surface area contributed by atoms with Gasteiger partial charge < -0.3 is 35.3 Å². The lowest BCUT2D eigenvalue weighted by Crippen LogP contribution is -2.56. The number of hydrogen-bond acceptors (Lipinski definition) is 8. The molecule has 0 radical (unpaired) electrons. The van der Waals surface area contributed by atoms with Crippen LogP contribution in [0.5, 0.6) is 5.75 Å². The number of aliphatic hydroxyl groups is 1. The highest BCUT2D eigenvalue weighted by Gasteiger charge is 2.48. The number of amides is 3. The summed E-state index contributed by atoms with van der Waals surface area (Å²) < 4.78 is 17.4. The van der Waals surface area contributed by atoms with Crippen LogP contribution in [0.15, 0.2) is 54.6 Å². The van der Waals surface area contributed by atoms with Crippen molar-refractivity contribution in [3.05, 3.63) is 76.3 Å². The fraction of sp³-hybridized carbons (Fsp3) is 0.514. The molecular weight excluding hydrogens is 650 g/mol. The van der Waals surface area contributed by atoms with Gasteiger partial charge in [-0.25, -0.2) is 4.79 Å². The van der Waals surface area contributed by atoms with Gasteiger partial charge in [0.1, 0.15) is 30.0 Å². The molecular formula is C37H48ClN3O8. The van der Waals surface area contributed by atoms with Crippen molar-refractivity contribution in [2.24, 2.45) is 16.7 Å². The minimum Gasteiger partial charge on any atom is -0.495 e. The van der Waals surface area contributed by atoms with Crippen molar-refractivity contribution >= 4 is 35.3 Å². The van der Waals surface area contributed by atoms with Crippen molar-refractivity contribution in [1.82, 2.24) is 16.0 Å². The van der Waals surface area contributed by atoms with Crippen LogP contribution in [0.2, 0.25) is 5.02 Å². The van der Waals surface area contributed by atoms with E-state index in [0.29, 0.717) is 16.3 Å². The Balaban J connectivity index is 1.62. The molecule has 2 unspecified atom stereocenters. The van der Waals surface area contributed by atoms with Crippen molar-refractivity contribution in [2.75, 3.05) is 13.7 Å². The highest BCUT2D eigenvalue weighted by atomic mass is 35.5. The number of ether oxygens (including phenoxy) is 3. The number of halogens is 1. The molecule has 11 nitrogen and oxygen atoms in total. The Labute approximate surface area is 293 Å². The number of nitrogens with one attached hydrogen (secondary N) is 3. The molecule has 4 rings (SSSR count). The van der Waals surface area contributed by atoms with E-state index in [0.717, 1.165) is 11.1 Å². The van der Waals surface area contributed by atoms with E-state index in [9.17, 15) is 24.3 Å². The first-order valence-corrected chi connectivity index (χ1v) is 16.9. The number of carbonyl (C=O) groups excluding carboxylic acids is 4. The molecule has 2 aromatic carbocycles. The van der Waals surface area contributed by atoms with Gasteiger partial charge in [-0.15, -0.1) is 0 Å². The fourth-order valence-corrected chi connectivity index (χ4v) is 5.96. The molecule has 3 amide bonds. The van der Waals surface area contributed by atoms with Crippen molar-refractivity contribution < 1.29 is 38.5 Å². The summed E-state index contributed by atoms with van der Waals surface area (Å²) in [6.07, 6.45) is 2.05. The van der Waals surface area contributed by atoms with Crippen LogP contribution < -0.4 is 20.7 Å². The molecule has 49 heavy (non-hydrogen) atoms. The molecule has 0 aromatic heterocycles. The molecule has 1 saturated heterocycles. The van der Waals surface area contributed by atoms with E-state index < -0.39 is 52.7 Å². The Morgan fingerprint density at radius 3 is 2.33 bits per heavy atom. The van der Waals surface area contributed by atoms with Gasteiger partial charge in [0.05, 0.1) is 30.3 Å². The van der Waals surface area contributed by atoms with E-state index in [1.807, 2.05) is 52.0 Å². The quantitative estimate of drug-likeness (QED) is 0.248. The van der Waals surface area contributed by atoms with Crippen LogP contribution in [0, 0.1) is 16.7 Å². The van der Waals surface area contributed by atoms with Crippen LogP contribution in [0.1, 0.15) is 70.8 Å². The monoisotopic (exact) mass is 697 g/mol. The standard InChI is InChI=1S/C37H48ClN3O8/c1-21(30-31(49-30)24-14-11-22(19-42)12-15-24)27-9-8-10-29(43)40-26(18-23-13-16-28(47-7)25(38)17-23)33(44)39-20-37(5,6)35(46)41-32(34(45)48-27)36(2,3)4/h8,10-17,21,26-27,30-32,42H,9,18-20H2,1-7H3,(H,39,44)(H,40,43)(H,41,46)/b10-8-/t21-,26+,27-,30?,31?,32+/m0/s1. The van der Waals surface area contributed by atoms with Gasteiger partial charge >= 0.3 is 5.97 Å². The van der Waals surface area contributed by atoms with Crippen LogP contribution >= 0.6 is 11.6 Å². The second kappa shape index (κ2) is 15.7. The van der Waals surface area contributed by atoms with Crippen LogP contribution in [-0.4, -0.2) is 66.7 Å². The Hall–Kier alpha value is -3.93. The molecule has 0 aliphatic carbocycles. The summed E-state index contributed by atoms with van der Waals surface area (Å²) in [5.41, 5.74) is 0.587. The molecule has 6 atom stereocenters. The summed E-state index contributed by atoms with van der Waals surface area (Å²) in [5.74, 6) is -1.86. The maximum atomic E-state index is 13.8. The molecule has 12 heteroatoms. The lowest BCUT2D eigenvalue weighted by Gasteiger charge is -2.35. The minimum absolute atomic E-state index is 0.0610. The lowest BCUT2D eigenvalue weighted by molar-refractivity contribution is -0.159. The number of esters is 1. The average molecular weight is 698 g/mol. The molecule has 4 N–H and O–H groups in total. The number of hydrogen-bond donors (Lipinski definition) is 4. The second-order valence-electron chi connectivity index (χ2n) is 14.5. The third-order valence-electron chi connectivity index (χ3n) is 9.01. The van der Waals surface area contributed by atoms with Gasteiger partial charge in [-0.05, 0) is 54.2 Å². The summed E-state index contributed by atoms with van der Waals surface area (Å²) >= 11 is 6.33. The summed E-state index contributed by atoms with van der Waals surface area (Å²) in [4.78, 5) is 54.1. The zero-order valence-electron chi connectivity index (χ0n) is 29.2. The number of rotatable bonds is 7. The van der Waals surface area contributed by atoms with E-state index in [1.165, 1.54) is 13.2 Å². The predicted molar refractivity (Wildman–Crippen MR) is 185 cm³/mol. The van der Waals surface area contributed by atoms with Gasteiger partial charge in [0.25, 0.3) is 0 Å². The highest BCUT2D eigenvalue weighted by molar-refractivity contribution is 6.32. The summed E-state index contributed by atoms with van der Waals surface area (Å²) in [5, 5.41) is 18.2. The van der Waals surface area contributed by atoms with Gasteiger partial charge in [-0.3, -0.25) is 14.4 Å². The van der Waals surface area contributed by atoms with Crippen molar-refractivity contribution in [1.29, 1.82) is 0 Å². The number of carbonyl (C=O) groups is 4. The zero-order chi connectivity index (χ0) is 36.1. The largest absolute Gasteiger partial charge is 0.495 e. The summed E-state index contributed by atoms with van der Waals surface area (Å²) in [6.45, 7) is 10.6. The van der Waals surface area contributed by atoms with Crippen molar-refractivity contribution in [3.63, 3.8) is 0 Å². The van der Waals surface area contributed by atoms with Gasteiger partial charge in [-0.1, -0.05) is 75.7 Å². The lowest BCUT2D eigenvalue weighted by atomic mass is 9.84. The van der Waals surface area contributed by atoms with Gasteiger partial charge in [0, 0.05) is 25.3 Å². The first-order valence-electron chi connectivity index (χ1n) is 16.5. The molecule has 1 fully saturated rings. The minimum atomic E-state index is -1.12. The first kappa shape index (κ1) is 37.9.